The van der Waals surface area contributed by atoms with Gasteiger partial charge in [-0.1, -0.05) is 53.5 Å². The van der Waals surface area contributed by atoms with Crippen molar-refractivity contribution < 1.29 is 55.3 Å². The standard InChI is InChI=1S/C43H46Cl2F6N4O6/c44-34-6-5-29(23-35(34)45)41(26-55(17-18-61-41)39(59)28-19-30(42(46,47)48)22-31(20-28)43(49,50)51)11-16-53-14-9-40(10-15-53)33-4-2-1-3-27(33)21-36(40)60-25-38(58)54-12-7-32(8-13-54)52-37(57)24-56/h1-6,19-20,22-23,32,36,56H,7-18,21,24-26H2,(H,52,57)/t36-,41+/m0/s1. The number of carbonyl (C=O) groups excluding carboxylic acids is 3. The largest absolute Gasteiger partial charge is 0.416 e. The van der Waals surface area contributed by atoms with Crippen LogP contribution < -0.4 is 5.32 Å². The lowest BCUT2D eigenvalue weighted by atomic mass is 9.72. The third kappa shape index (κ3) is 9.84. The SMILES string of the molecule is O=C(CO)NC1CCN(C(=O)CO[C@H]2Cc3ccccc3C23CCN(CC[C@]2(c4ccc(Cl)c(Cl)c4)CN(C(=O)c4cc(C(F)(F)F)cc(C(F)(F)F)c4)CCO2)CC3)CC1. The Bertz CT molecular complexity index is 2080. The predicted molar refractivity (Wildman–Crippen MR) is 213 cm³/mol. The molecule has 1 spiro atoms. The number of carbonyl (C=O) groups is 3. The van der Waals surface area contributed by atoms with E-state index in [4.69, 9.17) is 37.8 Å². The average Bonchev–Trinajstić information content (AvgIpc) is 3.54. The highest BCUT2D eigenvalue weighted by molar-refractivity contribution is 6.42. The smallest absolute Gasteiger partial charge is 0.387 e. The first-order valence-electron chi connectivity index (χ1n) is 20.2. The first-order valence-corrected chi connectivity index (χ1v) is 20.9. The van der Waals surface area contributed by atoms with Gasteiger partial charge >= 0.3 is 12.4 Å². The summed E-state index contributed by atoms with van der Waals surface area (Å²) < 4.78 is 95.3. The number of aliphatic hydroxyl groups is 1. The molecule has 3 aromatic rings. The molecule has 7 rings (SSSR count). The lowest BCUT2D eigenvalue weighted by Crippen LogP contribution is -2.54. The zero-order valence-electron chi connectivity index (χ0n) is 33.1. The molecule has 2 N–H and O–H groups in total. The summed E-state index contributed by atoms with van der Waals surface area (Å²) in [5.74, 6) is -1.57. The van der Waals surface area contributed by atoms with Crippen LogP contribution in [0.1, 0.15) is 70.3 Å². The average molecular weight is 900 g/mol. The molecule has 0 unspecified atom stereocenters. The van der Waals surface area contributed by atoms with E-state index in [1.807, 2.05) is 12.1 Å². The van der Waals surface area contributed by atoms with Gasteiger partial charge in [-0.2, -0.15) is 26.3 Å². The zero-order valence-corrected chi connectivity index (χ0v) is 34.6. The van der Waals surface area contributed by atoms with Gasteiger partial charge < -0.3 is 34.6 Å². The summed E-state index contributed by atoms with van der Waals surface area (Å²) in [6.45, 7) is 1.70. The second-order valence-electron chi connectivity index (χ2n) is 16.3. The minimum Gasteiger partial charge on any atom is -0.387 e. The number of piperidine rings is 2. The van der Waals surface area contributed by atoms with Crippen molar-refractivity contribution in [2.45, 2.75) is 74.0 Å². The van der Waals surface area contributed by atoms with Crippen molar-refractivity contribution >= 4 is 40.9 Å². The van der Waals surface area contributed by atoms with Crippen LogP contribution >= 0.6 is 23.2 Å². The number of ether oxygens (including phenoxy) is 2. The normalized spacial score (nSPS) is 22.3. The first-order chi connectivity index (χ1) is 28.9. The number of nitrogens with zero attached hydrogens (tertiary/aromatic N) is 3. The molecule has 10 nitrogen and oxygen atoms in total. The number of halogens is 8. The highest BCUT2D eigenvalue weighted by atomic mass is 35.5. The van der Waals surface area contributed by atoms with E-state index in [2.05, 4.69) is 22.3 Å². The zero-order chi connectivity index (χ0) is 43.7. The van der Waals surface area contributed by atoms with Gasteiger partial charge in [0.25, 0.3) is 5.91 Å². The van der Waals surface area contributed by atoms with Crippen LogP contribution in [0.4, 0.5) is 26.3 Å². The van der Waals surface area contributed by atoms with Crippen LogP contribution in [0.15, 0.2) is 60.7 Å². The van der Waals surface area contributed by atoms with Gasteiger partial charge in [-0.05, 0) is 98.6 Å². The van der Waals surface area contributed by atoms with Crippen LogP contribution in [0.2, 0.25) is 10.0 Å². The Morgan fingerprint density at radius 3 is 2.16 bits per heavy atom. The third-order valence-electron chi connectivity index (χ3n) is 12.7. The van der Waals surface area contributed by atoms with E-state index >= 15 is 0 Å². The van der Waals surface area contributed by atoms with Gasteiger partial charge in [0, 0.05) is 43.2 Å². The summed E-state index contributed by atoms with van der Waals surface area (Å²) in [5, 5.41) is 12.3. The van der Waals surface area contributed by atoms with E-state index in [-0.39, 0.29) is 65.9 Å². The van der Waals surface area contributed by atoms with Crippen molar-refractivity contribution in [2.75, 3.05) is 65.6 Å². The molecule has 0 bridgehead atoms. The number of rotatable bonds is 10. The number of morpholine rings is 1. The Kier molecular flexibility index (Phi) is 13.3. The van der Waals surface area contributed by atoms with Gasteiger partial charge in [-0.25, -0.2) is 0 Å². The molecule has 4 aliphatic rings. The first kappa shape index (κ1) is 45.1. The summed E-state index contributed by atoms with van der Waals surface area (Å²) in [4.78, 5) is 44.0. The number of likely N-dealkylation sites (tertiary alicyclic amines) is 2. The summed E-state index contributed by atoms with van der Waals surface area (Å²) >= 11 is 12.7. The molecular formula is C43H46Cl2F6N4O6. The van der Waals surface area contributed by atoms with Crippen molar-refractivity contribution in [1.29, 1.82) is 0 Å². The van der Waals surface area contributed by atoms with Crippen molar-refractivity contribution in [3.8, 4) is 0 Å². The summed E-state index contributed by atoms with van der Waals surface area (Å²) in [5.41, 5.74) is -2.59. The Labute approximate surface area is 359 Å². The molecule has 1 aliphatic carbocycles. The molecule has 3 aliphatic heterocycles. The number of hydrogen-bond donors (Lipinski definition) is 2. The lowest BCUT2D eigenvalue weighted by molar-refractivity contribution is -0.143. The van der Waals surface area contributed by atoms with Crippen LogP contribution in [-0.4, -0.2) is 115 Å². The fourth-order valence-electron chi connectivity index (χ4n) is 9.35. The Hall–Kier alpha value is -3.93. The highest BCUT2D eigenvalue weighted by Crippen LogP contribution is 2.48. The van der Waals surface area contributed by atoms with Crippen molar-refractivity contribution in [2.24, 2.45) is 0 Å². The number of aliphatic hydroxyl groups excluding tert-OH is 1. The van der Waals surface area contributed by atoms with Crippen molar-refractivity contribution in [3.63, 3.8) is 0 Å². The maximum Gasteiger partial charge on any atom is 0.416 e. The molecule has 3 heterocycles. The minimum atomic E-state index is -5.12. The van der Waals surface area contributed by atoms with Crippen molar-refractivity contribution in [3.05, 3.63) is 104 Å². The van der Waals surface area contributed by atoms with Gasteiger partial charge in [0.1, 0.15) is 18.8 Å². The minimum absolute atomic E-state index is 0.00666. The number of alkyl halides is 6. The lowest BCUT2D eigenvalue weighted by Gasteiger charge is -2.46. The van der Waals surface area contributed by atoms with Gasteiger partial charge in [-0.3, -0.25) is 14.4 Å². The maximum atomic E-state index is 13.8. The molecule has 3 amide bonds. The maximum absolute atomic E-state index is 13.8. The van der Waals surface area contributed by atoms with Gasteiger partial charge in [0.2, 0.25) is 11.8 Å². The number of hydrogen-bond acceptors (Lipinski definition) is 7. The number of benzene rings is 3. The summed E-state index contributed by atoms with van der Waals surface area (Å²) in [6, 6.07) is 13.8. The molecule has 0 saturated carbocycles. The van der Waals surface area contributed by atoms with E-state index in [0.717, 1.165) is 5.56 Å². The molecule has 3 aromatic carbocycles. The molecule has 330 valence electrons. The van der Waals surface area contributed by atoms with Crippen LogP contribution in [0.25, 0.3) is 0 Å². The van der Waals surface area contributed by atoms with Gasteiger partial charge in [0.15, 0.2) is 0 Å². The molecule has 0 radical (unpaired) electrons. The monoisotopic (exact) mass is 898 g/mol. The molecule has 61 heavy (non-hydrogen) atoms. The van der Waals surface area contributed by atoms with E-state index < -0.39 is 53.1 Å². The van der Waals surface area contributed by atoms with E-state index in [1.165, 1.54) is 10.5 Å². The third-order valence-corrected chi connectivity index (χ3v) is 13.4. The second-order valence-corrected chi connectivity index (χ2v) is 17.1. The molecule has 0 aromatic heterocycles. The van der Waals surface area contributed by atoms with Crippen LogP contribution in [0, 0.1) is 0 Å². The summed E-state index contributed by atoms with van der Waals surface area (Å²) in [7, 11) is 0. The van der Waals surface area contributed by atoms with Crippen LogP contribution in [-0.2, 0) is 48.9 Å². The number of fused-ring (bicyclic) bond motifs is 2. The van der Waals surface area contributed by atoms with E-state index in [1.54, 1.807) is 23.1 Å². The quantitative estimate of drug-likeness (QED) is 0.214. The molecule has 3 fully saturated rings. The van der Waals surface area contributed by atoms with Crippen LogP contribution in [0.3, 0.4) is 0 Å². The highest BCUT2D eigenvalue weighted by Gasteiger charge is 2.50. The van der Waals surface area contributed by atoms with Crippen LogP contribution in [0.5, 0.6) is 0 Å². The number of amides is 3. The predicted octanol–water partition coefficient (Wildman–Crippen LogP) is 6.86. The van der Waals surface area contributed by atoms with E-state index in [0.29, 0.717) is 88.9 Å². The fraction of sp³-hybridized carbons (Fsp3) is 0.512. The molecule has 18 heteroatoms. The Morgan fingerprint density at radius 2 is 1.52 bits per heavy atom. The second kappa shape index (κ2) is 18.0. The Balaban J connectivity index is 1.05. The molecule has 3 saturated heterocycles. The topological polar surface area (TPSA) is 112 Å². The fourth-order valence-corrected chi connectivity index (χ4v) is 9.65. The Morgan fingerprint density at radius 1 is 0.852 bits per heavy atom. The van der Waals surface area contributed by atoms with Gasteiger partial charge in [0.05, 0.1) is 40.4 Å². The van der Waals surface area contributed by atoms with Crippen molar-refractivity contribution in [1.82, 2.24) is 20.0 Å². The van der Waals surface area contributed by atoms with Gasteiger partial charge in [-0.15, -0.1) is 0 Å². The van der Waals surface area contributed by atoms with E-state index in [9.17, 15) is 40.7 Å². The summed E-state index contributed by atoms with van der Waals surface area (Å²) in [6.07, 6.45) is -6.98. The molecule has 2 atom stereocenters. The number of nitrogens with one attached hydrogen (secondary N) is 1. The molecular weight excluding hydrogens is 853 g/mol.